The normalized spacial score (nSPS) is 11.5. The Balaban J connectivity index is 2.53. The fourth-order valence-corrected chi connectivity index (χ4v) is 2.66. The van der Waals surface area contributed by atoms with Crippen LogP contribution in [0.3, 0.4) is 0 Å². The van der Waals surface area contributed by atoms with Crippen molar-refractivity contribution in [2.24, 2.45) is 0 Å². The highest BCUT2D eigenvalue weighted by Gasteiger charge is 2.14. The van der Waals surface area contributed by atoms with Gasteiger partial charge in [0.15, 0.2) is 14.9 Å². The lowest BCUT2D eigenvalue weighted by Crippen LogP contribution is -2.08. The molecule has 84 valence electrons. The average molecular weight is 227 g/mol. The second-order valence-electron chi connectivity index (χ2n) is 3.55. The van der Waals surface area contributed by atoms with Gasteiger partial charge < -0.3 is 0 Å². The fourth-order valence-electron chi connectivity index (χ4n) is 1.35. The smallest absolute Gasteiger partial charge is 0.195 e. The molecule has 0 radical (unpaired) electrons. The second-order valence-corrected chi connectivity index (χ2v) is 5.60. The summed E-state index contributed by atoms with van der Waals surface area (Å²) in [5, 5.41) is 0.196. The van der Waals surface area contributed by atoms with Crippen LogP contribution in [0.1, 0.15) is 32.6 Å². The number of hydrogen-bond donors (Lipinski definition) is 0. The van der Waals surface area contributed by atoms with Crippen molar-refractivity contribution >= 4 is 9.84 Å². The van der Waals surface area contributed by atoms with Crippen molar-refractivity contribution in [1.82, 2.24) is 4.98 Å². The van der Waals surface area contributed by atoms with Crippen molar-refractivity contribution in [3.63, 3.8) is 0 Å². The molecule has 0 saturated heterocycles. The van der Waals surface area contributed by atoms with Gasteiger partial charge in [0.1, 0.15) is 0 Å². The van der Waals surface area contributed by atoms with Gasteiger partial charge in [0.05, 0.1) is 5.75 Å². The Morgan fingerprint density at radius 3 is 2.60 bits per heavy atom. The first kappa shape index (κ1) is 12.2. The van der Waals surface area contributed by atoms with Crippen molar-refractivity contribution in [3.05, 3.63) is 24.4 Å². The first-order valence-electron chi connectivity index (χ1n) is 5.30. The van der Waals surface area contributed by atoms with E-state index in [1.807, 2.05) is 0 Å². The molecule has 0 aliphatic heterocycles. The molecule has 0 saturated carbocycles. The van der Waals surface area contributed by atoms with E-state index in [-0.39, 0.29) is 10.8 Å². The summed E-state index contributed by atoms with van der Waals surface area (Å²) in [6, 6.07) is 4.97. The van der Waals surface area contributed by atoms with E-state index in [1.54, 1.807) is 18.2 Å². The van der Waals surface area contributed by atoms with Crippen LogP contribution in [0.4, 0.5) is 0 Å². The summed E-state index contributed by atoms with van der Waals surface area (Å²) in [5.41, 5.74) is 0. The maximum atomic E-state index is 11.7. The lowest BCUT2D eigenvalue weighted by atomic mass is 10.2. The van der Waals surface area contributed by atoms with Gasteiger partial charge in [0, 0.05) is 6.20 Å². The molecule has 4 heteroatoms. The Morgan fingerprint density at radius 1 is 1.20 bits per heavy atom. The first-order chi connectivity index (χ1) is 7.17. The zero-order valence-corrected chi connectivity index (χ0v) is 9.83. The first-order valence-corrected chi connectivity index (χ1v) is 6.96. The molecule has 1 aromatic heterocycles. The standard InChI is InChI=1S/C11H17NO2S/c1-2-3-4-7-10-15(13,14)11-8-5-6-9-12-11/h5-6,8-9H,2-4,7,10H2,1H3. The van der Waals surface area contributed by atoms with E-state index in [0.717, 1.165) is 25.7 Å². The Morgan fingerprint density at radius 2 is 2.00 bits per heavy atom. The van der Waals surface area contributed by atoms with Gasteiger partial charge in [0.2, 0.25) is 0 Å². The van der Waals surface area contributed by atoms with Crippen LogP contribution in [0.5, 0.6) is 0 Å². The largest absolute Gasteiger partial charge is 0.245 e. The summed E-state index contributed by atoms with van der Waals surface area (Å²) in [5.74, 6) is 0.212. The van der Waals surface area contributed by atoms with Crippen LogP contribution in [-0.4, -0.2) is 19.2 Å². The van der Waals surface area contributed by atoms with Crippen LogP contribution < -0.4 is 0 Å². The van der Waals surface area contributed by atoms with E-state index < -0.39 is 9.84 Å². The van der Waals surface area contributed by atoms with E-state index >= 15 is 0 Å². The van der Waals surface area contributed by atoms with Crippen molar-refractivity contribution in [1.29, 1.82) is 0 Å². The van der Waals surface area contributed by atoms with E-state index in [1.165, 1.54) is 6.20 Å². The third-order valence-corrected chi connectivity index (χ3v) is 3.93. The summed E-state index contributed by atoms with van der Waals surface area (Å²) in [6.07, 6.45) is 5.43. The van der Waals surface area contributed by atoms with Gasteiger partial charge in [-0.2, -0.15) is 0 Å². The molecule has 0 aromatic carbocycles. The van der Waals surface area contributed by atoms with E-state index in [9.17, 15) is 8.42 Å². The minimum absolute atomic E-state index is 0.196. The van der Waals surface area contributed by atoms with Crippen LogP contribution in [0.2, 0.25) is 0 Å². The van der Waals surface area contributed by atoms with Crippen LogP contribution in [-0.2, 0) is 9.84 Å². The molecule has 0 bridgehead atoms. The van der Waals surface area contributed by atoms with Gasteiger partial charge in [-0.15, -0.1) is 0 Å². The predicted molar refractivity (Wildman–Crippen MR) is 60.4 cm³/mol. The van der Waals surface area contributed by atoms with Crippen molar-refractivity contribution in [2.75, 3.05) is 5.75 Å². The average Bonchev–Trinajstić information content (AvgIpc) is 2.26. The number of aromatic nitrogens is 1. The molecule has 0 unspecified atom stereocenters. The van der Waals surface area contributed by atoms with Gasteiger partial charge in [-0.1, -0.05) is 32.3 Å². The van der Waals surface area contributed by atoms with Crippen LogP contribution in [0, 0.1) is 0 Å². The van der Waals surface area contributed by atoms with E-state index in [0.29, 0.717) is 0 Å². The molecule has 0 amide bonds. The molecular formula is C11H17NO2S. The molecule has 0 N–H and O–H groups in total. The molecule has 0 aliphatic carbocycles. The maximum absolute atomic E-state index is 11.7. The molecule has 1 heterocycles. The van der Waals surface area contributed by atoms with Crippen molar-refractivity contribution < 1.29 is 8.42 Å². The SMILES string of the molecule is CCCCCCS(=O)(=O)c1ccccn1. The van der Waals surface area contributed by atoms with Gasteiger partial charge >= 0.3 is 0 Å². The van der Waals surface area contributed by atoms with Crippen molar-refractivity contribution in [3.8, 4) is 0 Å². The summed E-state index contributed by atoms with van der Waals surface area (Å²) in [7, 11) is -3.15. The highest BCUT2D eigenvalue weighted by atomic mass is 32.2. The van der Waals surface area contributed by atoms with Gasteiger partial charge in [-0.25, -0.2) is 13.4 Å². The monoisotopic (exact) mass is 227 g/mol. The molecule has 3 nitrogen and oxygen atoms in total. The Bertz CT molecular complexity index is 373. The maximum Gasteiger partial charge on any atom is 0.195 e. The predicted octanol–water partition coefficient (Wildman–Crippen LogP) is 2.44. The molecule has 1 rings (SSSR count). The lowest BCUT2D eigenvalue weighted by molar-refractivity contribution is 0.585. The minimum Gasteiger partial charge on any atom is -0.245 e. The Labute approximate surface area is 91.5 Å². The van der Waals surface area contributed by atoms with Gasteiger partial charge in [-0.3, -0.25) is 0 Å². The topological polar surface area (TPSA) is 47.0 Å². The molecule has 15 heavy (non-hydrogen) atoms. The number of pyridine rings is 1. The molecule has 0 aliphatic rings. The highest BCUT2D eigenvalue weighted by Crippen LogP contribution is 2.10. The van der Waals surface area contributed by atoms with Gasteiger partial charge in [-0.05, 0) is 18.6 Å². The molecule has 0 atom stereocenters. The quantitative estimate of drug-likeness (QED) is 0.701. The summed E-state index contributed by atoms with van der Waals surface area (Å²) < 4.78 is 23.5. The van der Waals surface area contributed by atoms with E-state index in [4.69, 9.17) is 0 Å². The molecular weight excluding hydrogens is 210 g/mol. The second kappa shape index (κ2) is 5.85. The minimum atomic E-state index is -3.15. The van der Waals surface area contributed by atoms with Crippen LogP contribution in [0.15, 0.2) is 29.4 Å². The molecule has 0 spiro atoms. The number of unbranched alkanes of at least 4 members (excludes halogenated alkanes) is 3. The van der Waals surface area contributed by atoms with E-state index in [2.05, 4.69) is 11.9 Å². The van der Waals surface area contributed by atoms with Crippen LogP contribution in [0.25, 0.3) is 0 Å². The van der Waals surface area contributed by atoms with Gasteiger partial charge in [0.25, 0.3) is 0 Å². The summed E-state index contributed by atoms with van der Waals surface area (Å²) in [6.45, 7) is 2.10. The third-order valence-electron chi connectivity index (χ3n) is 2.22. The lowest BCUT2D eigenvalue weighted by Gasteiger charge is -2.02. The molecule has 0 fully saturated rings. The number of nitrogens with zero attached hydrogens (tertiary/aromatic N) is 1. The Hall–Kier alpha value is -0.900. The summed E-state index contributed by atoms with van der Waals surface area (Å²) in [4.78, 5) is 3.86. The highest BCUT2D eigenvalue weighted by molar-refractivity contribution is 7.91. The van der Waals surface area contributed by atoms with Crippen molar-refractivity contribution in [2.45, 2.75) is 37.6 Å². The third kappa shape index (κ3) is 4.00. The number of rotatable bonds is 6. The zero-order valence-electron chi connectivity index (χ0n) is 9.02. The molecule has 1 aromatic rings. The number of hydrogen-bond acceptors (Lipinski definition) is 3. The fraction of sp³-hybridized carbons (Fsp3) is 0.545. The number of sulfone groups is 1. The Kier molecular flexibility index (Phi) is 4.75. The van der Waals surface area contributed by atoms with Crippen LogP contribution >= 0.6 is 0 Å². The summed E-state index contributed by atoms with van der Waals surface area (Å²) >= 11 is 0. The zero-order chi connectivity index (χ0) is 11.1.